The summed E-state index contributed by atoms with van der Waals surface area (Å²) in [4.78, 5) is 41.8. The zero-order chi connectivity index (χ0) is 21.8. The van der Waals surface area contributed by atoms with Crippen molar-refractivity contribution in [2.24, 2.45) is 0 Å². The highest BCUT2D eigenvalue weighted by molar-refractivity contribution is 6.06. The van der Waals surface area contributed by atoms with Crippen molar-refractivity contribution in [3.63, 3.8) is 0 Å². The van der Waals surface area contributed by atoms with Crippen LogP contribution in [-0.2, 0) is 22.4 Å². The molecule has 1 aliphatic rings. The van der Waals surface area contributed by atoms with Crippen LogP contribution in [-0.4, -0.2) is 29.3 Å². The molecule has 6 heteroatoms. The van der Waals surface area contributed by atoms with Gasteiger partial charge >= 0.3 is 5.97 Å². The van der Waals surface area contributed by atoms with Gasteiger partial charge < -0.3 is 10.1 Å². The molecule has 0 radical (unpaired) electrons. The smallest absolute Gasteiger partial charge is 0.339 e. The molecule has 0 aliphatic heterocycles. The number of ether oxygens (including phenoxy) is 1. The summed E-state index contributed by atoms with van der Waals surface area (Å²) in [6.45, 7) is 1.43. The van der Waals surface area contributed by atoms with Crippen molar-refractivity contribution in [1.82, 2.24) is 4.98 Å². The number of nitrogens with one attached hydrogen (secondary N) is 1. The van der Waals surface area contributed by atoms with E-state index < -0.39 is 5.97 Å². The van der Waals surface area contributed by atoms with Gasteiger partial charge in [-0.25, -0.2) is 4.79 Å². The number of para-hydroxylation sites is 1. The van der Waals surface area contributed by atoms with Gasteiger partial charge in [-0.3, -0.25) is 14.6 Å². The third kappa shape index (κ3) is 4.48. The second-order valence-corrected chi connectivity index (χ2v) is 7.61. The molecular formula is C25H24N2O4. The monoisotopic (exact) mass is 416 g/mol. The Labute approximate surface area is 180 Å². The number of hydrogen-bond donors (Lipinski definition) is 1. The molecule has 0 atom stereocenters. The second-order valence-electron chi connectivity index (χ2n) is 7.61. The van der Waals surface area contributed by atoms with Gasteiger partial charge in [0.2, 0.25) is 5.91 Å². The minimum Gasteiger partial charge on any atom is -0.454 e. The number of pyridine rings is 1. The van der Waals surface area contributed by atoms with E-state index in [1.165, 1.54) is 0 Å². The Hall–Kier alpha value is -3.54. The molecule has 0 spiro atoms. The van der Waals surface area contributed by atoms with Crippen LogP contribution in [0.3, 0.4) is 0 Å². The Balaban J connectivity index is 1.51. The fourth-order valence-electron chi connectivity index (χ4n) is 3.88. The molecule has 3 aromatic rings. The molecule has 0 fully saturated rings. The fraction of sp³-hybridized carbons (Fsp3) is 0.280. The summed E-state index contributed by atoms with van der Waals surface area (Å²) >= 11 is 0. The average Bonchev–Trinajstić information content (AvgIpc) is 2.81. The number of hydrogen-bond acceptors (Lipinski definition) is 5. The van der Waals surface area contributed by atoms with Crippen molar-refractivity contribution in [1.29, 1.82) is 0 Å². The van der Waals surface area contributed by atoms with Gasteiger partial charge in [0.05, 0.1) is 11.1 Å². The first-order valence-electron chi connectivity index (χ1n) is 10.6. The number of aromatic nitrogens is 1. The number of nitrogens with zero attached hydrogens (tertiary/aromatic N) is 1. The van der Waals surface area contributed by atoms with Gasteiger partial charge in [-0.15, -0.1) is 0 Å². The fourth-order valence-corrected chi connectivity index (χ4v) is 3.88. The number of benzene rings is 2. The minimum atomic E-state index is -0.489. The first-order valence-corrected chi connectivity index (χ1v) is 10.6. The minimum absolute atomic E-state index is 0.0964. The van der Waals surface area contributed by atoms with E-state index in [2.05, 4.69) is 5.32 Å². The van der Waals surface area contributed by atoms with Crippen LogP contribution in [0.25, 0.3) is 10.9 Å². The third-order valence-corrected chi connectivity index (χ3v) is 5.52. The van der Waals surface area contributed by atoms with Gasteiger partial charge in [0.15, 0.2) is 12.4 Å². The molecule has 1 N–H and O–H groups in total. The van der Waals surface area contributed by atoms with Gasteiger partial charge in [0.1, 0.15) is 0 Å². The van der Waals surface area contributed by atoms with Crippen molar-refractivity contribution in [3.05, 3.63) is 70.9 Å². The number of ketones is 1. The van der Waals surface area contributed by atoms with E-state index in [4.69, 9.17) is 9.72 Å². The van der Waals surface area contributed by atoms with Crippen LogP contribution in [0.5, 0.6) is 0 Å². The molecule has 1 aliphatic carbocycles. The Kier molecular flexibility index (Phi) is 6.07. The normalized spacial score (nSPS) is 12.8. The van der Waals surface area contributed by atoms with Crippen molar-refractivity contribution in [2.75, 3.05) is 11.9 Å². The zero-order valence-electron chi connectivity index (χ0n) is 17.4. The highest BCUT2D eigenvalue weighted by atomic mass is 16.5. The Morgan fingerprint density at radius 1 is 1.00 bits per heavy atom. The second kappa shape index (κ2) is 9.08. The van der Waals surface area contributed by atoms with Crippen LogP contribution in [0.15, 0.2) is 48.5 Å². The molecule has 0 saturated carbocycles. The predicted octanol–water partition coefficient (Wildman–Crippen LogP) is 4.50. The van der Waals surface area contributed by atoms with Gasteiger partial charge in [-0.2, -0.15) is 0 Å². The maximum absolute atomic E-state index is 13.0. The van der Waals surface area contributed by atoms with E-state index in [1.54, 1.807) is 31.2 Å². The number of anilines is 1. The lowest BCUT2D eigenvalue weighted by Gasteiger charge is -2.19. The number of Topliss-reactive ketones (excluding diaryl/α,β-unsaturated/α-hetero) is 1. The standard InChI is InChI=1S/C25H24N2O4/c1-2-23(29)26-17-13-11-16(12-14-17)22(28)15-31-25(30)24-18-7-3-5-9-20(18)27-21-10-6-4-8-19(21)24/h3,5,7,9,11-14H,2,4,6,8,10,15H2,1H3,(H,26,29). The number of carbonyl (C=O) groups excluding carboxylic acids is 3. The number of carbonyl (C=O) groups is 3. The summed E-state index contributed by atoms with van der Waals surface area (Å²) in [6.07, 6.45) is 4.08. The van der Waals surface area contributed by atoms with E-state index in [9.17, 15) is 14.4 Å². The topological polar surface area (TPSA) is 85.4 Å². The first kappa shape index (κ1) is 20.7. The van der Waals surface area contributed by atoms with Crippen LogP contribution >= 0.6 is 0 Å². The van der Waals surface area contributed by atoms with E-state index >= 15 is 0 Å². The molecular weight excluding hydrogens is 392 g/mol. The van der Waals surface area contributed by atoms with Crippen molar-refractivity contribution >= 4 is 34.3 Å². The molecule has 0 unspecified atom stereocenters. The van der Waals surface area contributed by atoms with Crippen molar-refractivity contribution < 1.29 is 19.1 Å². The molecule has 1 heterocycles. The van der Waals surface area contributed by atoms with Gasteiger partial charge in [0, 0.05) is 28.8 Å². The molecule has 158 valence electrons. The van der Waals surface area contributed by atoms with Crippen LogP contribution < -0.4 is 5.32 Å². The van der Waals surface area contributed by atoms with Crippen LogP contribution in [0.2, 0.25) is 0 Å². The summed E-state index contributed by atoms with van der Waals surface area (Å²) in [5.74, 6) is -0.883. The number of fused-ring (bicyclic) bond motifs is 2. The molecule has 2 aromatic carbocycles. The van der Waals surface area contributed by atoms with Crippen LogP contribution in [0.1, 0.15) is 58.2 Å². The summed E-state index contributed by atoms with van der Waals surface area (Å²) in [6, 6.07) is 14.1. The lowest BCUT2D eigenvalue weighted by molar-refractivity contribution is -0.115. The van der Waals surface area contributed by atoms with Gasteiger partial charge in [-0.1, -0.05) is 25.1 Å². The lowest BCUT2D eigenvalue weighted by atomic mass is 9.90. The number of aryl methyl sites for hydroxylation is 1. The lowest BCUT2D eigenvalue weighted by Crippen LogP contribution is -2.19. The third-order valence-electron chi connectivity index (χ3n) is 5.52. The molecule has 6 nitrogen and oxygen atoms in total. The predicted molar refractivity (Wildman–Crippen MR) is 118 cm³/mol. The van der Waals surface area contributed by atoms with E-state index in [0.717, 1.165) is 47.8 Å². The highest BCUT2D eigenvalue weighted by Gasteiger charge is 2.24. The number of esters is 1. The summed E-state index contributed by atoms with van der Waals surface area (Å²) < 4.78 is 5.44. The van der Waals surface area contributed by atoms with Crippen LogP contribution in [0.4, 0.5) is 5.69 Å². The maximum atomic E-state index is 13.0. The van der Waals surface area contributed by atoms with E-state index in [1.807, 2.05) is 24.3 Å². The molecule has 0 saturated heterocycles. The summed E-state index contributed by atoms with van der Waals surface area (Å²) in [7, 11) is 0. The Morgan fingerprint density at radius 2 is 1.74 bits per heavy atom. The molecule has 31 heavy (non-hydrogen) atoms. The maximum Gasteiger partial charge on any atom is 0.339 e. The molecule has 1 aromatic heterocycles. The SMILES string of the molecule is CCC(=O)Nc1ccc(C(=O)COC(=O)c2c3c(nc4ccccc24)CCCC3)cc1. The van der Waals surface area contributed by atoms with E-state index in [-0.39, 0.29) is 18.3 Å². The Bertz CT molecular complexity index is 1150. The summed E-state index contributed by atoms with van der Waals surface area (Å²) in [5, 5.41) is 3.49. The van der Waals surface area contributed by atoms with Gasteiger partial charge in [-0.05, 0) is 61.6 Å². The van der Waals surface area contributed by atoms with E-state index in [0.29, 0.717) is 23.2 Å². The van der Waals surface area contributed by atoms with Gasteiger partial charge in [0.25, 0.3) is 0 Å². The summed E-state index contributed by atoms with van der Waals surface area (Å²) in [5.41, 5.74) is 4.24. The quantitative estimate of drug-likeness (QED) is 0.472. The zero-order valence-corrected chi connectivity index (χ0v) is 17.4. The van der Waals surface area contributed by atoms with Crippen molar-refractivity contribution in [3.8, 4) is 0 Å². The Morgan fingerprint density at radius 3 is 2.52 bits per heavy atom. The first-order chi connectivity index (χ1) is 15.1. The average molecular weight is 416 g/mol. The molecule has 1 amide bonds. The van der Waals surface area contributed by atoms with Crippen molar-refractivity contribution in [2.45, 2.75) is 39.0 Å². The van der Waals surface area contributed by atoms with Crippen LogP contribution in [0, 0.1) is 0 Å². The highest BCUT2D eigenvalue weighted by Crippen LogP contribution is 2.29. The number of rotatable bonds is 6. The largest absolute Gasteiger partial charge is 0.454 e. The molecule has 4 rings (SSSR count). The molecule has 0 bridgehead atoms. The number of amides is 1.